The van der Waals surface area contributed by atoms with Crippen LogP contribution in [0, 0.1) is 20.8 Å². The number of benzene rings is 1. The minimum atomic E-state index is -1.07. The predicted molar refractivity (Wildman–Crippen MR) is 88.2 cm³/mol. The first-order valence-corrected chi connectivity index (χ1v) is 7.57. The van der Waals surface area contributed by atoms with Gasteiger partial charge in [-0.15, -0.1) is 0 Å². The van der Waals surface area contributed by atoms with Crippen LogP contribution in [0.3, 0.4) is 0 Å². The van der Waals surface area contributed by atoms with Crippen LogP contribution >= 0.6 is 24.0 Å². The van der Waals surface area contributed by atoms with Gasteiger partial charge in [0.05, 0.1) is 4.91 Å². The van der Waals surface area contributed by atoms with Crippen LogP contribution in [-0.4, -0.2) is 32.7 Å². The number of aryl methyl sites for hydroxylation is 3. The maximum atomic E-state index is 12.2. The van der Waals surface area contributed by atoms with Crippen LogP contribution in [0.5, 0.6) is 0 Å². The smallest absolute Gasteiger partial charge is 0.323 e. The van der Waals surface area contributed by atoms with Gasteiger partial charge in [0.15, 0.2) is 0 Å². The van der Waals surface area contributed by atoms with Crippen LogP contribution in [0.2, 0.25) is 0 Å². The Kier molecular flexibility index (Phi) is 4.49. The number of carbonyl (C=O) groups excluding carboxylic acids is 1. The SMILES string of the molecule is Cc1cc(C)c(C=C2SC(=S)N(CC(=O)O)C2=O)c(C)c1. The van der Waals surface area contributed by atoms with E-state index in [1.54, 1.807) is 6.08 Å². The second-order valence-corrected chi connectivity index (χ2v) is 6.65. The van der Waals surface area contributed by atoms with Gasteiger partial charge in [0.1, 0.15) is 10.9 Å². The lowest BCUT2D eigenvalue weighted by atomic mass is 9.99. The van der Waals surface area contributed by atoms with E-state index >= 15 is 0 Å². The molecule has 0 saturated carbocycles. The van der Waals surface area contributed by atoms with Gasteiger partial charge in [0.2, 0.25) is 0 Å². The summed E-state index contributed by atoms with van der Waals surface area (Å²) in [6.07, 6.45) is 1.80. The van der Waals surface area contributed by atoms with E-state index in [1.807, 2.05) is 20.8 Å². The Balaban J connectivity index is 2.37. The fourth-order valence-corrected chi connectivity index (χ4v) is 3.56. The Morgan fingerprint density at radius 2 is 1.90 bits per heavy atom. The Labute approximate surface area is 132 Å². The van der Waals surface area contributed by atoms with E-state index in [4.69, 9.17) is 17.3 Å². The molecule has 6 heteroatoms. The summed E-state index contributed by atoms with van der Waals surface area (Å²) in [5, 5.41) is 8.82. The molecule has 0 unspecified atom stereocenters. The summed E-state index contributed by atoms with van der Waals surface area (Å²) < 4.78 is 0.288. The van der Waals surface area contributed by atoms with Crippen molar-refractivity contribution in [3.05, 3.63) is 39.3 Å². The number of thiocarbonyl (C=S) groups is 1. The van der Waals surface area contributed by atoms with Gasteiger partial charge in [-0.3, -0.25) is 14.5 Å². The third-order valence-electron chi connectivity index (χ3n) is 3.18. The molecule has 1 aliphatic rings. The van der Waals surface area contributed by atoms with Gasteiger partial charge in [-0.2, -0.15) is 0 Å². The summed E-state index contributed by atoms with van der Waals surface area (Å²) >= 11 is 6.23. The average Bonchev–Trinajstić information content (AvgIpc) is 2.61. The van der Waals surface area contributed by atoms with Crippen LogP contribution in [0.25, 0.3) is 6.08 Å². The molecule has 4 nitrogen and oxygen atoms in total. The van der Waals surface area contributed by atoms with E-state index < -0.39 is 12.5 Å². The molecule has 0 spiro atoms. The van der Waals surface area contributed by atoms with Gasteiger partial charge < -0.3 is 5.11 Å². The second kappa shape index (κ2) is 5.99. The minimum Gasteiger partial charge on any atom is -0.480 e. The lowest BCUT2D eigenvalue weighted by Crippen LogP contribution is -2.33. The Bertz CT molecular complexity index is 656. The van der Waals surface area contributed by atoms with E-state index in [0.29, 0.717) is 4.91 Å². The van der Waals surface area contributed by atoms with Crippen LogP contribution in [0.1, 0.15) is 22.3 Å². The number of nitrogens with zero attached hydrogens (tertiary/aromatic N) is 1. The fraction of sp³-hybridized carbons (Fsp3) is 0.267. The molecule has 1 heterocycles. The first-order chi connectivity index (χ1) is 9.79. The molecular weight excluding hydrogens is 306 g/mol. The maximum absolute atomic E-state index is 12.2. The standard InChI is InChI=1S/C15H15NO3S2/c1-8-4-9(2)11(10(3)5-8)6-12-14(19)16(7-13(17)18)15(20)21-12/h4-6H,7H2,1-3H3,(H,17,18). The van der Waals surface area contributed by atoms with Crippen molar-refractivity contribution in [2.45, 2.75) is 20.8 Å². The number of carboxylic acids is 1. The summed E-state index contributed by atoms with van der Waals surface area (Å²) in [4.78, 5) is 24.6. The topological polar surface area (TPSA) is 57.6 Å². The molecule has 0 radical (unpaired) electrons. The van der Waals surface area contributed by atoms with Crippen molar-refractivity contribution >= 4 is 46.3 Å². The van der Waals surface area contributed by atoms with Crippen molar-refractivity contribution in [1.82, 2.24) is 4.90 Å². The molecule has 0 aromatic heterocycles. The Hall–Kier alpha value is -1.66. The minimum absolute atomic E-state index is 0.288. The Morgan fingerprint density at radius 1 is 1.33 bits per heavy atom. The lowest BCUT2D eigenvalue weighted by molar-refractivity contribution is -0.140. The van der Waals surface area contributed by atoms with Gasteiger partial charge >= 0.3 is 5.97 Å². The van der Waals surface area contributed by atoms with Crippen molar-refractivity contribution in [3.63, 3.8) is 0 Å². The molecule has 21 heavy (non-hydrogen) atoms. The molecule has 1 amide bonds. The van der Waals surface area contributed by atoms with Crippen LogP contribution in [-0.2, 0) is 9.59 Å². The van der Waals surface area contributed by atoms with E-state index in [-0.39, 0.29) is 10.2 Å². The summed E-state index contributed by atoms with van der Waals surface area (Å²) in [6, 6.07) is 4.10. The zero-order chi connectivity index (χ0) is 15.7. The number of rotatable bonds is 3. The number of aliphatic carboxylic acids is 1. The predicted octanol–water partition coefficient (Wildman–Crippen LogP) is 2.90. The van der Waals surface area contributed by atoms with Crippen molar-refractivity contribution in [1.29, 1.82) is 0 Å². The first-order valence-electron chi connectivity index (χ1n) is 6.34. The number of amides is 1. The van der Waals surface area contributed by atoms with E-state index in [9.17, 15) is 9.59 Å². The molecule has 1 N–H and O–H groups in total. The zero-order valence-electron chi connectivity index (χ0n) is 12.0. The molecule has 110 valence electrons. The normalized spacial score (nSPS) is 16.9. The second-order valence-electron chi connectivity index (χ2n) is 4.97. The van der Waals surface area contributed by atoms with E-state index in [2.05, 4.69) is 12.1 Å². The van der Waals surface area contributed by atoms with Gasteiger partial charge in [-0.1, -0.05) is 41.7 Å². The molecule has 1 saturated heterocycles. The highest BCUT2D eigenvalue weighted by Gasteiger charge is 2.33. The number of carboxylic acid groups (broad SMARTS) is 1. The van der Waals surface area contributed by atoms with Crippen LogP contribution in [0.15, 0.2) is 17.0 Å². The van der Waals surface area contributed by atoms with Crippen molar-refractivity contribution in [2.24, 2.45) is 0 Å². The van der Waals surface area contributed by atoms with Gasteiger partial charge in [-0.25, -0.2) is 0 Å². The molecular formula is C15H15NO3S2. The molecule has 1 aromatic rings. The van der Waals surface area contributed by atoms with Gasteiger partial charge in [0, 0.05) is 0 Å². The van der Waals surface area contributed by atoms with Gasteiger partial charge in [-0.05, 0) is 43.5 Å². The quantitative estimate of drug-likeness (QED) is 0.685. The monoisotopic (exact) mass is 321 g/mol. The molecule has 0 aliphatic carbocycles. The van der Waals surface area contributed by atoms with E-state index in [0.717, 1.165) is 33.4 Å². The largest absolute Gasteiger partial charge is 0.480 e. The summed E-state index contributed by atoms with van der Waals surface area (Å²) in [5.41, 5.74) is 4.31. The van der Waals surface area contributed by atoms with Crippen LogP contribution < -0.4 is 0 Å². The number of hydrogen-bond acceptors (Lipinski definition) is 4. The highest BCUT2D eigenvalue weighted by Crippen LogP contribution is 2.33. The molecule has 0 bridgehead atoms. The van der Waals surface area contributed by atoms with Crippen molar-refractivity contribution < 1.29 is 14.7 Å². The van der Waals surface area contributed by atoms with Gasteiger partial charge in [0.25, 0.3) is 5.91 Å². The van der Waals surface area contributed by atoms with Crippen LogP contribution in [0.4, 0.5) is 0 Å². The Morgan fingerprint density at radius 3 is 2.43 bits per heavy atom. The zero-order valence-corrected chi connectivity index (χ0v) is 13.6. The highest BCUT2D eigenvalue weighted by molar-refractivity contribution is 8.26. The molecule has 1 fully saturated rings. The molecule has 2 rings (SSSR count). The van der Waals surface area contributed by atoms with Crippen molar-refractivity contribution in [3.8, 4) is 0 Å². The van der Waals surface area contributed by atoms with E-state index in [1.165, 1.54) is 5.56 Å². The molecule has 0 atom stereocenters. The average molecular weight is 321 g/mol. The molecule has 1 aliphatic heterocycles. The molecule has 1 aromatic carbocycles. The number of hydrogen-bond donors (Lipinski definition) is 1. The third-order valence-corrected chi connectivity index (χ3v) is 4.56. The third kappa shape index (κ3) is 3.33. The van der Waals surface area contributed by atoms with Crippen molar-refractivity contribution in [2.75, 3.05) is 6.54 Å². The number of thioether (sulfide) groups is 1. The number of carbonyl (C=O) groups is 2. The summed E-state index contributed by atoms with van der Waals surface area (Å²) in [5.74, 6) is -1.41. The fourth-order valence-electron chi connectivity index (χ4n) is 2.32. The first kappa shape index (κ1) is 15.7. The summed E-state index contributed by atoms with van der Waals surface area (Å²) in [7, 11) is 0. The lowest BCUT2D eigenvalue weighted by Gasteiger charge is -2.10. The highest BCUT2D eigenvalue weighted by atomic mass is 32.2. The maximum Gasteiger partial charge on any atom is 0.323 e. The summed E-state index contributed by atoms with van der Waals surface area (Å²) in [6.45, 7) is 5.61.